The molecule has 2 aromatic rings. The van der Waals surface area contributed by atoms with E-state index in [1.807, 2.05) is 6.07 Å². The van der Waals surface area contributed by atoms with E-state index in [1.165, 1.54) is 12.1 Å². The van der Waals surface area contributed by atoms with Crippen molar-refractivity contribution in [2.75, 3.05) is 11.1 Å². The van der Waals surface area contributed by atoms with Gasteiger partial charge < -0.3 is 11.1 Å². The Hall–Kier alpha value is -2.87. The van der Waals surface area contributed by atoms with Gasteiger partial charge in [0.15, 0.2) is 0 Å². The predicted octanol–water partition coefficient (Wildman–Crippen LogP) is 2.53. The first kappa shape index (κ1) is 12.6. The number of hydrogen-bond donors (Lipinski definition) is 2. The summed E-state index contributed by atoms with van der Waals surface area (Å²) in [4.78, 5) is 11.9. The monoisotopic (exact) mass is 255 g/mol. The van der Waals surface area contributed by atoms with Crippen molar-refractivity contribution in [1.82, 2.24) is 0 Å². The Balaban J connectivity index is 2.23. The molecular formula is C14H10FN3O. The lowest BCUT2D eigenvalue weighted by molar-refractivity contribution is 0.102. The number of rotatable bonds is 2. The van der Waals surface area contributed by atoms with Crippen LogP contribution in [0.15, 0.2) is 42.5 Å². The second-order valence-electron chi connectivity index (χ2n) is 3.88. The molecule has 0 radical (unpaired) electrons. The van der Waals surface area contributed by atoms with E-state index in [1.54, 1.807) is 18.2 Å². The molecule has 0 aromatic heterocycles. The number of amides is 1. The molecule has 19 heavy (non-hydrogen) atoms. The molecule has 0 unspecified atom stereocenters. The first-order valence-corrected chi connectivity index (χ1v) is 5.46. The quantitative estimate of drug-likeness (QED) is 0.809. The van der Waals surface area contributed by atoms with Gasteiger partial charge in [-0.3, -0.25) is 4.79 Å². The van der Waals surface area contributed by atoms with Crippen LogP contribution in [-0.2, 0) is 0 Å². The van der Waals surface area contributed by atoms with Crippen LogP contribution < -0.4 is 11.1 Å². The molecule has 0 saturated carbocycles. The SMILES string of the molecule is N#Cc1cccc(NC(=O)c2ccc(F)cc2N)c1. The molecule has 0 aliphatic carbocycles. The lowest BCUT2D eigenvalue weighted by Gasteiger charge is -2.07. The van der Waals surface area contributed by atoms with Crippen LogP contribution in [0.1, 0.15) is 15.9 Å². The van der Waals surface area contributed by atoms with Crippen LogP contribution in [0, 0.1) is 17.1 Å². The predicted molar refractivity (Wildman–Crippen MR) is 69.9 cm³/mol. The van der Waals surface area contributed by atoms with Gasteiger partial charge in [-0.25, -0.2) is 4.39 Å². The summed E-state index contributed by atoms with van der Waals surface area (Å²) in [5, 5.41) is 11.4. The number of anilines is 2. The average Bonchev–Trinajstić information content (AvgIpc) is 2.38. The van der Waals surface area contributed by atoms with Crippen molar-refractivity contribution >= 4 is 17.3 Å². The average molecular weight is 255 g/mol. The Bertz CT molecular complexity index is 677. The van der Waals surface area contributed by atoms with Gasteiger partial charge in [-0.2, -0.15) is 5.26 Å². The third kappa shape index (κ3) is 2.87. The molecule has 0 atom stereocenters. The standard InChI is InChI=1S/C14H10FN3O/c15-10-4-5-12(13(17)7-10)14(19)18-11-3-1-2-9(6-11)8-16/h1-7H,17H2,(H,18,19). The van der Waals surface area contributed by atoms with Crippen LogP contribution in [0.25, 0.3) is 0 Å². The van der Waals surface area contributed by atoms with Crippen molar-refractivity contribution in [3.05, 3.63) is 59.4 Å². The molecule has 3 N–H and O–H groups in total. The fourth-order valence-corrected chi connectivity index (χ4v) is 1.61. The highest BCUT2D eigenvalue weighted by Gasteiger charge is 2.10. The number of nitrogens with zero attached hydrogens (tertiary/aromatic N) is 1. The van der Waals surface area contributed by atoms with E-state index in [-0.39, 0.29) is 11.3 Å². The van der Waals surface area contributed by atoms with E-state index < -0.39 is 11.7 Å². The topological polar surface area (TPSA) is 78.9 Å². The first-order valence-electron chi connectivity index (χ1n) is 5.46. The van der Waals surface area contributed by atoms with Gasteiger partial charge in [0.25, 0.3) is 5.91 Å². The molecule has 1 amide bonds. The van der Waals surface area contributed by atoms with Gasteiger partial charge in [0.05, 0.1) is 17.2 Å². The minimum atomic E-state index is -0.500. The smallest absolute Gasteiger partial charge is 0.257 e. The van der Waals surface area contributed by atoms with Gasteiger partial charge in [-0.1, -0.05) is 6.07 Å². The summed E-state index contributed by atoms with van der Waals surface area (Å²) in [6, 6.07) is 12.0. The number of nitrogens with two attached hydrogens (primary N) is 1. The Kier molecular flexibility index (Phi) is 3.44. The van der Waals surface area contributed by atoms with E-state index in [4.69, 9.17) is 11.0 Å². The molecule has 0 fully saturated rings. The maximum atomic E-state index is 12.9. The highest BCUT2D eigenvalue weighted by molar-refractivity contribution is 6.07. The van der Waals surface area contributed by atoms with Crippen molar-refractivity contribution in [3.8, 4) is 6.07 Å². The number of nitriles is 1. The summed E-state index contributed by atoms with van der Waals surface area (Å²) in [5.74, 6) is -0.951. The van der Waals surface area contributed by atoms with E-state index in [0.29, 0.717) is 11.3 Å². The first-order chi connectivity index (χ1) is 9.10. The molecule has 0 aliphatic heterocycles. The van der Waals surface area contributed by atoms with Crippen LogP contribution in [0.5, 0.6) is 0 Å². The fraction of sp³-hybridized carbons (Fsp3) is 0. The maximum Gasteiger partial charge on any atom is 0.257 e. The number of hydrogen-bond acceptors (Lipinski definition) is 3. The van der Waals surface area contributed by atoms with E-state index in [9.17, 15) is 9.18 Å². The third-order valence-corrected chi connectivity index (χ3v) is 2.51. The van der Waals surface area contributed by atoms with E-state index >= 15 is 0 Å². The second kappa shape index (κ2) is 5.19. The molecule has 0 spiro atoms. The second-order valence-corrected chi connectivity index (χ2v) is 3.88. The maximum absolute atomic E-state index is 12.9. The highest BCUT2D eigenvalue weighted by Crippen LogP contribution is 2.16. The van der Waals surface area contributed by atoms with Crippen molar-refractivity contribution < 1.29 is 9.18 Å². The van der Waals surface area contributed by atoms with Gasteiger partial charge in [-0.05, 0) is 36.4 Å². The third-order valence-electron chi connectivity index (χ3n) is 2.51. The summed E-state index contributed by atoms with van der Waals surface area (Å²) in [6.07, 6.45) is 0. The lowest BCUT2D eigenvalue weighted by atomic mass is 10.1. The van der Waals surface area contributed by atoms with E-state index in [0.717, 1.165) is 12.1 Å². The molecule has 5 heteroatoms. The molecule has 0 bridgehead atoms. The van der Waals surface area contributed by atoms with Crippen molar-refractivity contribution in [2.45, 2.75) is 0 Å². The molecular weight excluding hydrogens is 245 g/mol. The summed E-state index contributed by atoms with van der Waals surface area (Å²) >= 11 is 0. The highest BCUT2D eigenvalue weighted by atomic mass is 19.1. The summed E-state index contributed by atoms with van der Waals surface area (Å²) < 4.78 is 12.9. The zero-order valence-electron chi connectivity index (χ0n) is 9.85. The Labute approximate surface area is 109 Å². The summed E-state index contributed by atoms with van der Waals surface area (Å²) in [6.45, 7) is 0. The number of nitrogens with one attached hydrogen (secondary N) is 1. The van der Waals surface area contributed by atoms with Gasteiger partial charge in [0.2, 0.25) is 0 Å². The van der Waals surface area contributed by atoms with Crippen molar-refractivity contribution in [2.24, 2.45) is 0 Å². The van der Waals surface area contributed by atoms with Gasteiger partial charge in [0, 0.05) is 11.4 Å². The van der Waals surface area contributed by atoms with Gasteiger partial charge >= 0.3 is 0 Å². The van der Waals surface area contributed by atoms with Crippen LogP contribution in [0.2, 0.25) is 0 Å². The van der Waals surface area contributed by atoms with Crippen LogP contribution >= 0.6 is 0 Å². The molecule has 2 aromatic carbocycles. The lowest BCUT2D eigenvalue weighted by Crippen LogP contribution is -2.14. The molecule has 2 rings (SSSR count). The number of nitrogen functional groups attached to an aromatic ring is 1. The Morgan fingerprint density at radius 3 is 2.74 bits per heavy atom. The van der Waals surface area contributed by atoms with Crippen LogP contribution in [0.3, 0.4) is 0 Å². The number of carbonyl (C=O) groups is 1. The molecule has 0 saturated heterocycles. The zero-order chi connectivity index (χ0) is 13.8. The van der Waals surface area contributed by atoms with E-state index in [2.05, 4.69) is 5.32 Å². The minimum Gasteiger partial charge on any atom is -0.398 e. The molecule has 4 nitrogen and oxygen atoms in total. The molecule has 0 aliphatic rings. The minimum absolute atomic E-state index is 0.0638. The van der Waals surface area contributed by atoms with Crippen LogP contribution in [-0.4, -0.2) is 5.91 Å². The Morgan fingerprint density at radius 2 is 2.05 bits per heavy atom. The number of carbonyl (C=O) groups excluding carboxylic acids is 1. The van der Waals surface area contributed by atoms with Gasteiger partial charge in [0.1, 0.15) is 5.82 Å². The Morgan fingerprint density at radius 1 is 1.26 bits per heavy atom. The summed E-state index contributed by atoms with van der Waals surface area (Å²) in [7, 11) is 0. The normalized spacial score (nSPS) is 9.68. The number of halogens is 1. The van der Waals surface area contributed by atoms with Gasteiger partial charge in [-0.15, -0.1) is 0 Å². The van der Waals surface area contributed by atoms with Crippen molar-refractivity contribution in [1.29, 1.82) is 5.26 Å². The fourth-order valence-electron chi connectivity index (χ4n) is 1.61. The molecule has 94 valence electrons. The summed E-state index contributed by atoms with van der Waals surface area (Å²) in [5.41, 5.74) is 6.74. The zero-order valence-corrected chi connectivity index (χ0v) is 9.85. The number of benzene rings is 2. The van der Waals surface area contributed by atoms with Crippen LogP contribution in [0.4, 0.5) is 15.8 Å². The van der Waals surface area contributed by atoms with Crippen molar-refractivity contribution in [3.63, 3.8) is 0 Å². The largest absolute Gasteiger partial charge is 0.398 e. The molecule has 0 heterocycles.